The lowest BCUT2D eigenvalue weighted by atomic mass is 10.2. The number of hydrogen-bond acceptors (Lipinski definition) is 2. The summed E-state index contributed by atoms with van der Waals surface area (Å²) in [5.41, 5.74) is 0.676. The molecule has 0 N–H and O–H groups in total. The lowest BCUT2D eigenvalue weighted by Gasteiger charge is -2.05. The number of halogens is 2. The zero-order chi connectivity index (χ0) is 10.6. The van der Waals surface area contributed by atoms with Crippen molar-refractivity contribution in [2.75, 3.05) is 14.2 Å². The van der Waals surface area contributed by atoms with Crippen LogP contribution in [0.4, 0.5) is 4.39 Å². The first-order chi connectivity index (χ1) is 6.65. The van der Waals surface area contributed by atoms with E-state index in [2.05, 4.69) is 15.9 Å². The van der Waals surface area contributed by atoms with Gasteiger partial charge in [0.2, 0.25) is 0 Å². The minimum absolute atomic E-state index is 0.437. The minimum Gasteiger partial charge on any atom is -0.497 e. The Balaban J connectivity index is 3.10. The molecule has 0 radical (unpaired) electrons. The molecule has 2 nitrogen and oxygen atoms in total. The molecule has 0 aliphatic carbocycles. The molecule has 0 bridgehead atoms. The summed E-state index contributed by atoms with van der Waals surface area (Å²) in [5, 5.41) is 0. The molecule has 0 heterocycles. The maximum Gasteiger partial charge on any atom is 0.166 e. The quantitative estimate of drug-likeness (QED) is 0.830. The van der Waals surface area contributed by atoms with Gasteiger partial charge < -0.3 is 9.47 Å². The summed E-state index contributed by atoms with van der Waals surface area (Å²) in [6.45, 7) is 0. The summed E-state index contributed by atoms with van der Waals surface area (Å²) in [5.74, 6) is 1.26. The molecule has 14 heavy (non-hydrogen) atoms. The molecule has 0 saturated carbocycles. The molecule has 0 aromatic heterocycles. The zero-order valence-electron chi connectivity index (χ0n) is 7.88. The molecule has 4 heteroatoms. The van der Waals surface area contributed by atoms with Gasteiger partial charge in [0.15, 0.2) is 4.74 Å². The fourth-order valence-corrected chi connectivity index (χ4v) is 1.30. The van der Waals surface area contributed by atoms with Gasteiger partial charge in [-0.05, 0) is 39.7 Å². The molecular weight excluding hydrogens is 251 g/mol. The number of hydrogen-bond donors (Lipinski definition) is 0. The van der Waals surface area contributed by atoms with Crippen molar-refractivity contribution in [1.29, 1.82) is 0 Å². The molecule has 0 aliphatic rings. The van der Waals surface area contributed by atoms with Gasteiger partial charge in [0.25, 0.3) is 0 Å². The van der Waals surface area contributed by atoms with E-state index < -0.39 is 4.74 Å². The summed E-state index contributed by atoms with van der Waals surface area (Å²) >= 11 is 2.72. The van der Waals surface area contributed by atoms with Gasteiger partial charge in [-0.15, -0.1) is 0 Å². The summed E-state index contributed by atoms with van der Waals surface area (Å²) in [6.07, 6.45) is 1.34. The second kappa shape index (κ2) is 5.00. The van der Waals surface area contributed by atoms with Gasteiger partial charge in [-0.3, -0.25) is 0 Å². The van der Waals surface area contributed by atoms with Crippen molar-refractivity contribution < 1.29 is 13.9 Å². The third-order valence-electron chi connectivity index (χ3n) is 1.65. The van der Waals surface area contributed by atoms with E-state index in [9.17, 15) is 4.39 Å². The van der Waals surface area contributed by atoms with Crippen molar-refractivity contribution in [3.05, 3.63) is 28.5 Å². The van der Waals surface area contributed by atoms with E-state index >= 15 is 0 Å². The van der Waals surface area contributed by atoms with E-state index in [1.165, 1.54) is 6.08 Å². The predicted molar refractivity (Wildman–Crippen MR) is 57.6 cm³/mol. The average molecular weight is 261 g/mol. The van der Waals surface area contributed by atoms with Crippen molar-refractivity contribution in [2.45, 2.75) is 0 Å². The monoisotopic (exact) mass is 260 g/mol. The molecular formula is C10H10BrFO2. The van der Waals surface area contributed by atoms with Crippen LogP contribution in [0.15, 0.2) is 22.9 Å². The van der Waals surface area contributed by atoms with Crippen LogP contribution in [0.2, 0.25) is 0 Å². The standard InChI is InChI=1S/C10H10BrFO2/c1-13-8-3-7(5-10(11)12)4-9(6-8)14-2/h3-6H,1-2H3/b10-5+. The van der Waals surface area contributed by atoms with Gasteiger partial charge in [0.1, 0.15) is 11.5 Å². The Morgan fingerprint density at radius 1 is 1.21 bits per heavy atom. The molecule has 0 unspecified atom stereocenters. The first kappa shape index (κ1) is 11.0. The van der Waals surface area contributed by atoms with Crippen LogP contribution in [-0.4, -0.2) is 14.2 Å². The highest BCUT2D eigenvalue weighted by molar-refractivity contribution is 9.11. The number of methoxy groups -OCH3 is 2. The van der Waals surface area contributed by atoms with Crippen LogP contribution in [0.3, 0.4) is 0 Å². The fraction of sp³-hybridized carbons (Fsp3) is 0.200. The van der Waals surface area contributed by atoms with Gasteiger partial charge in [-0.2, -0.15) is 4.39 Å². The number of benzene rings is 1. The Kier molecular flexibility index (Phi) is 3.95. The Hall–Kier alpha value is -1.03. The van der Waals surface area contributed by atoms with E-state index in [1.807, 2.05) is 0 Å². The Morgan fingerprint density at radius 2 is 1.71 bits per heavy atom. The fourth-order valence-electron chi connectivity index (χ4n) is 1.04. The topological polar surface area (TPSA) is 18.5 Å². The van der Waals surface area contributed by atoms with Crippen LogP contribution in [0.5, 0.6) is 11.5 Å². The highest BCUT2D eigenvalue weighted by Crippen LogP contribution is 2.24. The van der Waals surface area contributed by atoms with Crippen molar-refractivity contribution in [3.8, 4) is 11.5 Å². The lowest BCUT2D eigenvalue weighted by molar-refractivity contribution is 0.394. The first-order valence-corrected chi connectivity index (χ1v) is 4.71. The Morgan fingerprint density at radius 3 is 2.07 bits per heavy atom. The smallest absolute Gasteiger partial charge is 0.166 e. The van der Waals surface area contributed by atoms with Crippen LogP contribution in [0.1, 0.15) is 5.56 Å². The third-order valence-corrected chi connectivity index (χ3v) is 1.88. The summed E-state index contributed by atoms with van der Waals surface area (Å²) in [7, 11) is 3.10. The van der Waals surface area contributed by atoms with Gasteiger partial charge >= 0.3 is 0 Å². The van der Waals surface area contributed by atoms with Crippen LogP contribution in [0, 0.1) is 0 Å². The van der Waals surface area contributed by atoms with E-state index in [4.69, 9.17) is 9.47 Å². The maximum atomic E-state index is 12.6. The largest absolute Gasteiger partial charge is 0.497 e. The second-order valence-electron chi connectivity index (χ2n) is 2.58. The molecule has 0 atom stereocenters. The van der Waals surface area contributed by atoms with Crippen molar-refractivity contribution in [2.24, 2.45) is 0 Å². The molecule has 0 spiro atoms. The predicted octanol–water partition coefficient (Wildman–Crippen LogP) is 3.37. The van der Waals surface area contributed by atoms with Gasteiger partial charge in [-0.25, -0.2) is 0 Å². The summed E-state index contributed by atoms with van der Waals surface area (Å²) in [6, 6.07) is 5.15. The average Bonchev–Trinajstić information content (AvgIpc) is 2.16. The van der Waals surface area contributed by atoms with Crippen LogP contribution in [-0.2, 0) is 0 Å². The van der Waals surface area contributed by atoms with E-state index in [0.29, 0.717) is 17.1 Å². The molecule has 0 aliphatic heterocycles. The highest BCUT2D eigenvalue weighted by atomic mass is 79.9. The van der Waals surface area contributed by atoms with Crippen molar-refractivity contribution in [1.82, 2.24) is 0 Å². The van der Waals surface area contributed by atoms with Crippen molar-refractivity contribution in [3.63, 3.8) is 0 Å². The highest BCUT2D eigenvalue weighted by Gasteiger charge is 2.00. The molecule has 0 fully saturated rings. The Labute approximate surface area is 90.5 Å². The van der Waals surface area contributed by atoms with E-state index in [1.54, 1.807) is 32.4 Å². The Bertz CT molecular complexity index is 324. The van der Waals surface area contributed by atoms with Gasteiger partial charge in [0.05, 0.1) is 14.2 Å². The molecule has 0 amide bonds. The number of rotatable bonds is 3. The molecule has 1 aromatic carbocycles. The zero-order valence-corrected chi connectivity index (χ0v) is 9.47. The van der Waals surface area contributed by atoms with Gasteiger partial charge in [-0.1, -0.05) is 0 Å². The molecule has 0 saturated heterocycles. The third kappa shape index (κ3) is 3.03. The molecule has 1 aromatic rings. The summed E-state index contributed by atoms with van der Waals surface area (Å²) in [4.78, 5) is 0. The van der Waals surface area contributed by atoms with Crippen LogP contribution >= 0.6 is 15.9 Å². The van der Waals surface area contributed by atoms with E-state index in [-0.39, 0.29) is 0 Å². The molecule has 76 valence electrons. The normalized spacial score (nSPS) is 11.3. The molecule has 1 rings (SSSR count). The number of ether oxygens (including phenoxy) is 2. The van der Waals surface area contributed by atoms with Crippen LogP contribution < -0.4 is 9.47 Å². The first-order valence-electron chi connectivity index (χ1n) is 3.91. The van der Waals surface area contributed by atoms with Crippen molar-refractivity contribution >= 4 is 22.0 Å². The van der Waals surface area contributed by atoms with Gasteiger partial charge in [0, 0.05) is 6.07 Å². The lowest BCUT2D eigenvalue weighted by Crippen LogP contribution is -1.88. The maximum absolute atomic E-state index is 12.6. The summed E-state index contributed by atoms with van der Waals surface area (Å²) < 4.78 is 22.2. The SMILES string of the molecule is COc1cc(/C=C(/F)Br)cc(OC)c1. The minimum atomic E-state index is -0.437. The van der Waals surface area contributed by atoms with E-state index in [0.717, 1.165) is 0 Å². The van der Waals surface area contributed by atoms with Crippen LogP contribution in [0.25, 0.3) is 6.08 Å². The second-order valence-corrected chi connectivity index (χ2v) is 3.34.